The summed E-state index contributed by atoms with van der Waals surface area (Å²) in [7, 11) is -3.81. The standard InChI is InChI=1S/C18H25ClN2O4S/c1-13-4-2-8-21(12-13)18(22)14-6-7-16(19)17(10-14)26(23,24)20-11-15-5-3-9-25-15/h6-7,10,13,15,20H,2-5,8-9,11-12H2,1H3. The maximum absolute atomic E-state index is 12.8. The largest absolute Gasteiger partial charge is 0.377 e. The molecule has 0 radical (unpaired) electrons. The first-order chi connectivity index (χ1) is 12.4. The Morgan fingerprint density at radius 3 is 2.85 bits per heavy atom. The van der Waals surface area contributed by atoms with E-state index in [-0.39, 0.29) is 28.5 Å². The Bertz CT molecular complexity index is 762. The third-order valence-corrected chi connectivity index (χ3v) is 6.84. The fourth-order valence-electron chi connectivity index (χ4n) is 3.48. The van der Waals surface area contributed by atoms with Gasteiger partial charge in [0, 0.05) is 31.8 Å². The van der Waals surface area contributed by atoms with Crippen molar-refractivity contribution in [3.05, 3.63) is 28.8 Å². The number of nitrogens with zero attached hydrogens (tertiary/aromatic N) is 1. The van der Waals surface area contributed by atoms with Gasteiger partial charge in [-0.3, -0.25) is 4.79 Å². The second kappa shape index (κ2) is 8.25. The summed E-state index contributed by atoms with van der Waals surface area (Å²) in [5, 5.41) is 0.105. The highest BCUT2D eigenvalue weighted by molar-refractivity contribution is 7.89. The molecule has 2 unspecified atom stereocenters. The quantitative estimate of drug-likeness (QED) is 0.824. The number of likely N-dealkylation sites (tertiary alicyclic amines) is 1. The van der Waals surface area contributed by atoms with Crippen LogP contribution in [0.25, 0.3) is 0 Å². The van der Waals surface area contributed by atoms with Crippen LogP contribution in [0.15, 0.2) is 23.1 Å². The summed E-state index contributed by atoms with van der Waals surface area (Å²) in [6, 6.07) is 4.44. The van der Waals surface area contributed by atoms with E-state index in [4.69, 9.17) is 16.3 Å². The van der Waals surface area contributed by atoms with Gasteiger partial charge >= 0.3 is 0 Å². The van der Waals surface area contributed by atoms with E-state index in [9.17, 15) is 13.2 Å². The van der Waals surface area contributed by atoms with Crippen LogP contribution >= 0.6 is 11.6 Å². The molecule has 0 aromatic heterocycles. The molecule has 1 N–H and O–H groups in total. The lowest BCUT2D eigenvalue weighted by atomic mass is 9.99. The zero-order valence-corrected chi connectivity index (χ0v) is 16.5. The Hall–Kier alpha value is -1.15. The Kier molecular flexibility index (Phi) is 6.22. The smallest absolute Gasteiger partial charge is 0.253 e. The number of carbonyl (C=O) groups is 1. The molecule has 2 atom stereocenters. The Balaban J connectivity index is 1.76. The highest BCUT2D eigenvalue weighted by atomic mass is 35.5. The second-order valence-electron chi connectivity index (χ2n) is 7.13. The molecule has 2 aliphatic rings. The van der Waals surface area contributed by atoms with Crippen molar-refractivity contribution < 1.29 is 17.9 Å². The van der Waals surface area contributed by atoms with Crippen molar-refractivity contribution in [2.75, 3.05) is 26.2 Å². The van der Waals surface area contributed by atoms with Gasteiger partial charge in [-0.2, -0.15) is 0 Å². The number of carbonyl (C=O) groups excluding carboxylic acids is 1. The molecular formula is C18H25ClN2O4S. The molecule has 8 heteroatoms. The number of benzene rings is 1. The zero-order valence-electron chi connectivity index (χ0n) is 14.9. The van der Waals surface area contributed by atoms with Crippen molar-refractivity contribution in [1.82, 2.24) is 9.62 Å². The van der Waals surface area contributed by atoms with Crippen molar-refractivity contribution in [2.24, 2.45) is 5.92 Å². The SMILES string of the molecule is CC1CCCN(C(=O)c2ccc(Cl)c(S(=O)(=O)NCC3CCCO3)c2)C1. The molecule has 1 aromatic rings. The molecule has 0 spiro atoms. The molecule has 2 aliphatic heterocycles. The Morgan fingerprint density at radius 1 is 1.35 bits per heavy atom. The van der Waals surface area contributed by atoms with Crippen LogP contribution in [0, 0.1) is 5.92 Å². The maximum atomic E-state index is 12.8. The van der Waals surface area contributed by atoms with Crippen molar-refractivity contribution in [2.45, 2.75) is 43.6 Å². The van der Waals surface area contributed by atoms with Crippen LogP contribution in [0.3, 0.4) is 0 Å². The van der Waals surface area contributed by atoms with Gasteiger partial charge < -0.3 is 9.64 Å². The highest BCUT2D eigenvalue weighted by Gasteiger charge is 2.26. The van der Waals surface area contributed by atoms with Gasteiger partial charge in [0.1, 0.15) is 4.90 Å². The van der Waals surface area contributed by atoms with Crippen molar-refractivity contribution in [3.63, 3.8) is 0 Å². The van der Waals surface area contributed by atoms with Gasteiger partial charge in [0.25, 0.3) is 5.91 Å². The molecular weight excluding hydrogens is 376 g/mol. The van der Waals surface area contributed by atoms with Gasteiger partial charge in [-0.25, -0.2) is 13.1 Å². The normalized spacial score (nSPS) is 24.0. The van der Waals surface area contributed by atoms with E-state index in [2.05, 4.69) is 11.6 Å². The number of halogens is 1. The molecule has 0 bridgehead atoms. The fraction of sp³-hybridized carbons (Fsp3) is 0.611. The average molecular weight is 401 g/mol. The number of rotatable bonds is 5. The van der Waals surface area contributed by atoms with Crippen LogP contribution in [0.2, 0.25) is 5.02 Å². The molecule has 2 fully saturated rings. The van der Waals surface area contributed by atoms with E-state index in [0.717, 1.165) is 25.7 Å². The minimum atomic E-state index is -3.81. The third kappa shape index (κ3) is 4.57. The molecule has 0 saturated carbocycles. The van der Waals surface area contributed by atoms with E-state index in [1.54, 1.807) is 11.0 Å². The lowest BCUT2D eigenvalue weighted by Gasteiger charge is -2.31. The average Bonchev–Trinajstić information content (AvgIpc) is 3.13. The van der Waals surface area contributed by atoms with Gasteiger partial charge in [0.2, 0.25) is 10.0 Å². The zero-order chi connectivity index (χ0) is 18.7. The fourth-order valence-corrected chi connectivity index (χ4v) is 5.07. The summed E-state index contributed by atoms with van der Waals surface area (Å²) < 4.78 is 33.3. The van der Waals surface area contributed by atoms with Gasteiger partial charge in [-0.05, 0) is 49.8 Å². The van der Waals surface area contributed by atoms with E-state index in [1.807, 2.05) is 0 Å². The Labute approximate surface area is 159 Å². The molecule has 6 nitrogen and oxygen atoms in total. The minimum absolute atomic E-state index is 0.0620. The summed E-state index contributed by atoms with van der Waals surface area (Å²) >= 11 is 6.11. The van der Waals surface area contributed by atoms with Gasteiger partial charge in [0.05, 0.1) is 11.1 Å². The van der Waals surface area contributed by atoms with E-state index >= 15 is 0 Å². The summed E-state index contributed by atoms with van der Waals surface area (Å²) in [4.78, 5) is 14.5. The number of piperidine rings is 1. The Morgan fingerprint density at radius 2 is 2.15 bits per heavy atom. The molecule has 2 saturated heterocycles. The van der Waals surface area contributed by atoms with Crippen LogP contribution in [0.1, 0.15) is 43.0 Å². The van der Waals surface area contributed by atoms with Gasteiger partial charge in [0.15, 0.2) is 0 Å². The number of hydrogen-bond acceptors (Lipinski definition) is 4. The lowest BCUT2D eigenvalue weighted by molar-refractivity contribution is 0.0683. The molecule has 3 rings (SSSR count). The van der Waals surface area contributed by atoms with Crippen LogP contribution < -0.4 is 4.72 Å². The van der Waals surface area contributed by atoms with Crippen LogP contribution in [0.5, 0.6) is 0 Å². The molecule has 1 aromatic carbocycles. The molecule has 0 aliphatic carbocycles. The second-order valence-corrected chi connectivity index (χ2v) is 9.27. The topological polar surface area (TPSA) is 75.7 Å². The van der Waals surface area contributed by atoms with Crippen LogP contribution in [-0.2, 0) is 14.8 Å². The first kappa shape index (κ1) is 19.6. The van der Waals surface area contributed by atoms with Crippen LogP contribution in [0.4, 0.5) is 0 Å². The number of amides is 1. The number of ether oxygens (including phenoxy) is 1. The minimum Gasteiger partial charge on any atom is -0.377 e. The number of sulfonamides is 1. The molecule has 144 valence electrons. The van der Waals surface area contributed by atoms with Crippen LogP contribution in [-0.4, -0.2) is 51.6 Å². The van der Waals surface area contributed by atoms with E-state index < -0.39 is 10.0 Å². The van der Waals surface area contributed by atoms with E-state index in [1.165, 1.54) is 12.1 Å². The van der Waals surface area contributed by atoms with Crippen molar-refractivity contribution in [1.29, 1.82) is 0 Å². The number of nitrogens with one attached hydrogen (secondary N) is 1. The molecule has 2 heterocycles. The predicted molar refractivity (Wildman–Crippen MR) is 99.9 cm³/mol. The van der Waals surface area contributed by atoms with Crippen molar-refractivity contribution >= 4 is 27.5 Å². The van der Waals surface area contributed by atoms with Gasteiger partial charge in [-0.1, -0.05) is 18.5 Å². The first-order valence-electron chi connectivity index (χ1n) is 9.07. The first-order valence-corrected chi connectivity index (χ1v) is 10.9. The maximum Gasteiger partial charge on any atom is 0.253 e. The summed E-state index contributed by atoms with van der Waals surface area (Å²) in [6.07, 6.45) is 3.74. The highest BCUT2D eigenvalue weighted by Crippen LogP contribution is 2.25. The predicted octanol–water partition coefficient (Wildman–Crippen LogP) is 2.67. The third-order valence-electron chi connectivity index (χ3n) is 4.94. The summed E-state index contributed by atoms with van der Waals surface area (Å²) in [6.45, 7) is 4.38. The summed E-state index contributed by atoms with van der Waals surface area (Å²) in [5.41, 5.74) is 0.348. The molecule has 26 heavy (non-hydrogen) atoms. The molecule has 1 amide bonds. The number of hydrogen-bond donors (Lipinski definition) is 1. The van der Waals surface area contributed by atoms with E-state index in [0.29, 0.717) is 31.2 Å². The monoisotopic (exact) mass is 400 g/mol. The van der Waals surface area contributed by atoms with Crippen molar-refractivity contribution in [3.8, 4) is 0 Å². The lowest BCUT2D eigenvalue weighted by Crippen LogP contribution is -2.39. The summed E-state index contributed by atoms with van der Waals surface area (Å²) in [5.74, 6) is 0.306. The van der Waals surface area contributed by atoms with Gasteiger partial charge in [-0.15, -0.1) is 0 Å².